The highest BCUT2D eigenvalue weighted by molar-refractivity contribution is 5.27. The number of methoxy groups -OCH3 is 2. The van der Waals surface area contributed by atoms with E-state index in [9.17, 15) is 0 Å². The minimum absolute atomic E-state index is 0.148. The Morgan fingerprint density at radius 2 is 1.94 bits per heavy atom. The Labute approximate surface area is 108 Å². The van der Waals surface area contributed by atoms with Crippen molar-refractivity contribution in [2.75, 3.05) is 14.2 Å². The van der Waals surface area contributed by atoms with Crippen molar-refractivity contribution >= 4 is 0 Å². The lowest BCUT2D eigenvalue weighted by molar-refractivity contribution is -0.0596. The largest absolute Gasteiger partial charge is 0.495 e. The predicted molar refractivity (Wildman–Crippen MR) is 70.5 cm³/mol. The first-order valence-corrected chi connectivity index (χ1v) is 6.51. The molecule has 0 spiro atoms. The summed E-state index contributed by atoms with van der Waals surface area (Å²) in [7, 11) is 3.40. The van der Waals surface area contributed by atoms with Gasteiger partial charge in [-0.1, -0.05) is 19.3 Å². The van der Waals surface area contributed by atoms with E-state index >= 15 is 0 Å². The van der Waals surface area contributed by atoms with Crippen LogP contribution in [0.25, 0.3) is 0 Å². The molecule has 4 heteroatoms. The maximum atomic E-state index is 6.42. The van der Waals surface area contributed by atoms with Crippen molar-refractivity contribution in [1.29, 1.82) is 0 Å². The van der Waals surface area contributed by atoms with E-state index < -0.39 is 0 Å². The third-order valence-electron chi connectivity index (χ3n) is 4.00. The van der Waals surface area contributed by atoms with Crippen molar-refractivity contribution in [3.63, 3.8) is 0 Å². The molecule has 1 aliphatic rings. The number of aromatic nitrogens is 1. The molecule has 1 atom stereocenters. The number of pyridine rings is 1. The van der Waals surface area contributed by atoms with Crippen molar-refractivity contribution < 1.29 is 9.47 Å². The van der Waals surface area contributed by atoms with E-state index in [4.69, 9.17) is 15.2 Å². The summed E-state index contributed by atoms with van der Waals surface area (Å²) in [5.74, 6) is 0.741. The first-order valence-electron chi connectivity index (χ1n) is 6.51. The average Bonchev–Trinajstić information content (AvgIpc) is 2.47. The molecule has 100 valence electrons. The van der Waals surface area contributed by atoms with Crippen LogP contribution in [0.2, 0.25) is 0 Å². The van der Waals surface area contributed by atoms with Gasteiger partial charge in [0.1, 0.15) is 5.75 Å². The Hall–Kier alpha value is -1.13. The summed E-state index contributed by atoms with van der Waals surface area (Å²) in [6, 6.07) is 1.80. The van der Waals surface area contributed by atoms with Gasteiger partial charge < -0.3 is 15.2 Å². The maximum absolute atomic E-state index is 6.42. The Morgan fingerprint density at radius 1 is 1.22 bits per heavy atom. The van der Waals surface area contributed by atoms with Crippen LogP contribution in [0.15, 0.2) is 18.5 Å². The van der Waals surface area contributed by atoms with Crippen molar-refractivity contribution in [3.05, 3.63) is 24.0 Å². The van der Waals surface area contributed by atoms with Crippen molar-refractivity contribution in [2.45, 2.75) is 43.7 Å². The summed E-state index contributed by atoms with van der Waals surface area (Å²) in [6.07, 6.45) is 9.16. The van der Waals surface area contributed by atoms with Crippen molar-refractivity contribution in [1.82, 2.24) is 4.98 Å². The van der Waals surface area contributed by atoms with Crippen LogP contribution in [-0.4, -0.2) is 24.8 Å². The maximum Gasteiger partial charge on any atom is 0.137 e. The van der Waals surface area contributed by atoms with Crippen molar-refractivity contribution in [2.24, 2.45) is 5.73 Å². The summed E-state index contributed by atoms with van der Waals surface area (Å²) in [4.78, 5) is 4.18. The lowest BCUT2D eigenvalue weighted by Gasteiger charge is -2.40. The van der Waals surface area contributed by atoms with Gasteiger partial charge in [0, 0.05) is 13.3 Å². The molecule has 1 aromatic rings. The minimum atomic E-state index is -0.244. The summed E-state index contributed by atoms with van der Waals surface area (Å²) >= 11 is 0. The molecule has 1 aromatic heterocycles. The van der Waals surface area contributed by atoms with Crippen LogP contribution in [0.4, 0.5) is 0 Å². The molecular weight excluding hydrogens is 228 g/mol. The third-order valence-corrected chi connectivity index (χ3v) is 4.00. The molecule has 1 unspecified atom stereocenters. The Kier molecular flexibility index (Phi) is 4.19. The molecule has 0 bridgehead atoms. The Balaban J connectivity index is 2.24. The normalized spacial score (nSPS) is 20.4. The molecule has 0 aromatic carbocycles. The molecule has 1 saturated carbocycles. The number of hydrogen-bond acceptors (Lipinski definition) is 4. The van der Waals surface area contributed by atoms with Gasteiger partial charge in [-0.3, -0.25) is 4.98 Å². The van der Waals surface area contributed by atoms with E-state index in [0.29, 0.717) is 0 Å². The van der Waals surface area contributed by atoms with Gasteiger partial charge in [0.05, 0.1) is 24.9 Å². The van der Waals surface area contributed by atoms with Gasteiger partial charge in [-0.25, -0.2) is 0 Å². The molecule has 0 aliphatic heterocycles. The van der Waals surface area contributed by atoms with E-state index in [1.165, 1.54) is 19.3 Å². The molecular formula is C14H22N2O2. The van der Waals surface area contributed by atoms with Gasteiger partial charge in [0.25, 0.3) is 0 Å². The highest BCUT2D eigenvalue weighted by atomic mass is 16.5. The molecule has 1 aliphatic carbocycles. The van der Waals surface area contributed by atoms with Crippen LogP contribution < -0.4 is 10.5 Å². The number of nitrogens with two attached hydrogens (primary N) is 1. The Morgan fingerprint density at radius 3 is 2.56 bits per heavy atom. The highest BCUT2D eigenvalue weighted by Crippen LogP contribution is 2.40. The second-order valence-corrected chi connectivity index (χ2v) is 4.97. The number of hydrogen-bond donors (Lipinski definition) is 1. The fourth-order valence-electron chi connectivity index (χ4n) is 2.81. The Bertz CT molecular complexity index is 389. The smallest absolute Gasteiger partial charge is 0.137 e. The molecule has 2 rings (SSSR count). The number of nitrogens with zero attached hydrogens (tertiary/aromatic N) is 1. The molecule has 1 fully saturated rings. The third kappa shape index (κ3) is 2.49. The number of rotatable bonds is 4. The SMILES string of the molecule is COc1cncc(C(N)C2(OC)CCCCC2)c1. The van der Waals surface area contributed by atoms with E-state index in [2.05, 4.69) is 4.98 Å². The van der Waals surface area contributed by atoms with Gasteiger partial charge in [0.2, 0.25) is 0 Å². The first-order chi connectivity index (χ1) is 8.72. The highest BCUT2D eigenvalue weighted by Gasteiger charge is 2.39. The second kappa shape index (κ2) is 5.67. The van der Waals surface area contributed by atoms with Crippen LogP contribution >= 0.6 is 0 Å². The zero-order valence-electron chi connectivity index (χ0n) is 11.2. The predicted octanol–water partition coefficient (Wildman–Crippen LogP) is 2.44. The first kappa shape index (κ1) is 13.3. The monoisotopic (exact) mass is 250 g/mol. The van der Waals surface area contributed by atoms with Gasteiger partial charge in [-0.15, -0.1) is 0 Å². The zero-order chi connectivity index (χ0) is 13.0. The summed E-state index contributed by atoms with van der Waals surface area (Å²) in [5, 5.41) is 0. The molecule has 4 nitrogen and oxygen atoms in total. The summed E-state index contributed by atoms with van der Waals surface area (Å²) in [6.45, 7) is 0. The van der Waals surface area contributed by atoms with Crippen LogP contribution in [0.5, 0.6) is 5.75 Å². The topological polar surface area (TPSA) is 57.4 Å². The summed E-state index contributed by atoms with van der Waals surface area (Å²) < 4.78 is 11.0. The van der Waals surface area contributed by atoms with E-state index in [0.717, 1.165) is 24.2 Å². The van der Waals surface area contributed by atoms with E-state index in [-0.39, 0.29) is 11.6 Å². The van der Waals surface area contributed by atoms with Crippen LogP contribution in [0.1, 0.15) is 43.7 Å². The summed E-state index contributed by atoms with van der Waals surface area (Å²) in [5.41, 5.74) is 7.16. The fourth-order valence-corrected chi connectivity index (χ4v) is 2.81. The molecule has 1 heterocycles. The van der Waals surface area contributed by atoms with Gasteiger partial charge in [-0.2, -0.15) is 0 Å². The lowest BCUT2D eigenvalue weighted by atomic mass is 9.77. The fraction of sp³-hybridized carbons (Fsp3) is 0.643. The molecule has 0 radical (unpaired) electrons. The standard InChI is InChI=1S/C14H22N2O2/c1-17-12-8-11(9-16-10-12)13(15)14(18-2)6-4-3-5-7-14/h8-10,13H,3-7,15H2,1-2H3. The van der Waals surface area contributed by atoms with Crippen molar-refractivity contribution in [3.8, 4) is 5.75 Å². The van der Waals surface area contributed by atoms with Crippen LogP contribution in [0.3, 0.4) is 0 Å². The van der Waals surface area contributed by atoms with E-state index in [1.807, 2.05) is 12.3 Å². The quantitative estimate of drug-likeness (QED) is 0.891. The van der Waals surface area contributed by atoms with E-state index in [1.54, 1.807) is 20.4 Å². The average molecular weight is 250 g/mol. The molecule has 0 saturated heterocycles. The lowest BCUT2D eigenvalue weighted by Crippen LogP contribution is -2.44. The second-order valence-electron chi connectivity index (χ2n) is 4.97. The molecule has 0 amide bonds. The van der Waals surface area contributed by atoms with Crippen LogP contribution in [-0.2, 0) is 4.74 Å². The van der Waals surface area contributed by atoms with Gasteiger partial charge in [-0.05, 0) is 24.5 Å². The zero-order valence-corrected chi connectivity index (χ0v) is 11.2. The van der Waals surface area contributed by atoms with Gasteiger partial charge >= 0.3 is 0 Å². The van der Waals surface area contributed by atoms with Crippen LogP contribution in [0, 0.1) is 0 Å². The molecule has 2 N–H and O–H groups in total. The van der Waals surface area contributed by atoms with Gasteiger partial charge in [0.15, 0.2) is 0 Å². The molecule has 18 heavy (non-hydrogen) atoms. The minimum Gasteiger partial charge on any atom is -0.495 e. The number of ether oxygens (including phenoxy) is 2.